The molecule has 1 amide bonds. The standard InChI is InChI=1S/C20H23N3O2S2/c1-12-6-13(2)8-22(7-12)17(24)9-23-11-21-19-18(20(23)25)15(10-26-19)16-5-4-14(3)27-16/h4-5,10-13H,6-9H2,1-3H3. The van der Waals surface area contributed by atoms with Crippen LogP contribution in [0.2, 0.25) is 0 Å². The SMILES string of the molecule is Cc1ccc(-c2csc3ncn(CC(=O)N4CC(C)CC(C)C4)c(=O)c23)s1. The van der Waals surface area contributed by atoms with Gasteiger partial charge in [-0.05, 0) is 37.3 Å². The summed E-state index contributed by atoms with van der Waals surface area (Å²) in [5, 5.41) is 2.61. The molecule has 1 fully saturated rings. The third-order valence-electron chi connectivity index (χ3n) is 5.09. The number of carbonyl (C=O) groups is 1. The molecule has 5 nitrogen and oxygen atoms in total. The quantitative estimate of drug-likeness (QED) is 0.667. The van der Waals surface area contributed by atoms with Gasteiger partial charge >= 0.3 is 0 Å². The first-order valence-electron chi connectivity index (χ1n) is 9.23. The van der Waals surface area contributed by atoms with Gasteiger partial charge < -0.3 is 4.90 Å². The summed E-state index contributed by atoms with van der Waals surface area (Å²) < 4.78 is 1.46. The Kier molecular flexibility index (Phi) is 4.90. The fourth-order valence-corrected chi connectivity index (χ4v) is 5.82. The summed E-state index contributed by atoms with van der Waals surface area (Å²) in [5.41, 5.74) is 0.793. The van der Waals surface area contributed by atoms with Gasteiger partial charge in [0.1, 0.15) is 11.4 Å². The number of aryl methyl sites for hydroxylation is 1. The molecular weight excluding hydrogens is 378 g/mol. The first-order chi connectivity index (χ1) is 12.9. The molecular formula is C20H23N3O2S2. The molecule has 7 heteroatoms. The Labute approximate surface area is 166 Å². The lowest BCUT2D eigenvalue weighted by Crippen LogP contribution is -2.44. The molecule has 0 aromatic carbocycles. The van der Waals surface area contributed by atoms with Crippen molar-refractivity contribution in [1.29, 1.82) is 0 Å². The van der Waals surface area contributed by atoms with Gasteiger partial charge in [0.15, 0.2) is 0 Å². The van der Waals surface area contributed by atoms with Crippen molar-refractivity contribution in [1.82, 2.24) is 14.5 Å². The van der Waals surface area contributed by atoms with Gasteiger partial charge in [-0.3, -0.25) is 14.2 Å². The summed E-state index contributed by atoms with van der Waals surface area (Å²) >= 11 is 3.14. The molecule has 0 saturated carbocycles. The molecule has 0 bridgehead atoms. The van der Waals surface area contributed by atoms with Crippen molar-refractivity contribution in [3.63, 3.8) is 0 Å². The van der Waals surface area contributed by atoms with E-state index >= 15 is 0 Å². The van der Waals surface area contributed by atoms with E-state index in [4.69, 9.17) is 0 Å². The van der Waals surface area contributed by atoms with Crippen molar-refractivity contribution in [2.75, 3.05) is 13.1 Å². The van der Waals surface area contributed by atoms with E-state index in [0.29, 0.717) is 17.2 Å². The maximum atomic E-state index is 13.1. The molecule has 142 valence electrons. The van der Waals surface area contributed by atoms with E-state index in [9.17, 15) is 9.59 Å². The molecule has 4 heterocycles. The van der Waals surface area contributed by atoms with E-state index in [1.165, 1.54) is 27.1 Å². The lowest BCUT2D eigenvalue weighted by Gasteiger charge is -2.35. The molecule has 0 radical (unpaired) electrons. The number of likely N-dealkylation sites (tertiary alicyclic amines) is 1. The highest BCUT2D eigenvalue weighted by molar-refractivity contribution is 7.19. The van der Waals surface area contributed by atoms with Gasteiger partial charge in [0, 0.05) is 33.8 Å². The molecule has 0 aliphatic carbocycles. The number of hydrogen-bond donors (Lipinski definition) is 0. The minimum atomic E-state index is -0.131. The van der Waals surface area contributed by atoms with E-state index in [2.05, 4.69) is 31.8 Å². The van der Waals surface area contributed by atoms with Crippen LogP contribution in [0.1, 0.15) is 25.1 Å². The molecule has 1 aliphatic heterocycles. The summed E-state index contributed by atoms with van der Waals surface area (Å²) in [5.74, 6) is 1.00. The monoisotopic (exact) mass is 401 g/mol. The summed E-state index contributed by atoms with van der Waals surface area (Å²) in [6, 6.07) is 4.10. The summed E-state index contributed by atoms with van der Waals surface area (Å²) in [6.45, 7) is 8.00. The number of aromatic nitrogens is 2. The third-order valence-corrected chi connectivity index (χ3v) is 7.01. The maximum absolute atomic E-state index is 13.1. The number of rotatable bonds is 3. The molecule has 4 rings (SSSR count). The Hall–Kier alpha value is -1.99. The van der Waals surface area contributed by atoms with Gasteiger partial charge in [-0.25, -0.2) is 4.98 Å². The second kappa shape index (κ2) is 7.20. The Morgan fingerprint density at radius 3 is 2.67 bits per heavy atom. The molecule has 0 N–H and O–H groups in total. The topological polar surface area (TPSA) is 55.2 Å². The fourth-order valence-electron chi connectivity index (χ4n) is 3.95. The maximum Gasteiger partial charge on any atom is 0.263 e. The molecule has 2 unspecified atom stereocenters. The van der Waals surface area contributed by atoms with Crippen LogP contribution in [-0.4, -0.2) is 33.4 Å². The second-order valence-electron chi connectivity index (χ2n) is 7.66. The van der Waals surface area contributed by atoms with E-state index in [0.717, 1.165) is 34.8 Å². The van der Waals surface area contributed by atoms with Gasteiger partial charge in [-0.2, -0.15) is 0 Å². The molecule has 3 aromatic rings. The van der Waals surface area contributed by atoms with Crippen molar-refractivity contribution in [2.24, 2.45) is 11.8 Å². The minimum absolute atomic E-state index is 0.000368. The zero-order valence-corrected chi connectivity index (χ0v) is 17.4. The van der Waals surface area contributed by atoms with Crippen LogP contribution in [0.4, 0.5) is 0 Å². The van der Waals surface area contributed by atoms with E-state index < -0.39 is 0 Å². The Morgan fingerprint density at radius 2 is 2.00 bits per heavy atom. The predicted octanol–water partition coefficient (Wildman–Crippen LogP) is 4.00. The van der Waals surface area contributed by atoms with Crippen LogP contribution in [0.5, 0.6) is 0 Å². The van der Waals surface area contributed by atoms with Crippen molar-refractivity contribution in [2.45, 2.75) is 33.7 Å². The van der Waals surface area contributed by atoms with E-state index in [1.54, 1.807) is 11.3 Å². The second-order valence-corrected chi connectivity index (χ2v) is 9.81. The lowest BCUT2D eigenvalue weighted by atomic mass is 9.92. The summed E-state index contributed by atoms with van der Waals surface area (Å²) in [7, 11) is 0. The Balaban J connectivity index is 1.66. The fraction of sp³-hybridized carbons (Fsp3) is 0.450. The van der Waals surface area contributed by atoms with Crippen molar-refractivity contribution < 1.29 is 4.79 Å². The highest BCUT2D eigenvalue weighted by Crippen LogP contribution is 2.34. The first kappa shape index (κ1) is 18.4. The third kappa shape index (κ3) is 3.58. The van der Waals surface area contributed by atoms with Gasteiger partial charge in [-0.15, -0.1) is 22.7 Å². The van der Waals surface area contributed by atoms with Crippen LogP contribution >= 0.6 is 22.7 Å². The van der Waals surface area contributed by atoms with E-state index in [1.807, 2.05) is 16.3 Å². The molecule has 1 saturated heterocycles. The molecule has 27 heavy (non-hydrogen) atoms. The number of carbonyl (C=O) groups excluding carboxylic acids is 1. The Morgan fingerprint density at radius 1 is 1.26 bits per heavy atom. The Bertz CT molecular complexity index is 1040. The zero-order valence-electron chi connectivity index (χ0n) is 15.8. The largest absolute Gasteiger partial charge is 0.341 e. The normalized spacial score (nSPS) is 20.3. The molecule has 0 spiro atoms. The predicted molar refractivity (Wildman–Crippen MR) is 111 cm³/mol. The number of thiophene rings is 2. The van der Waals surface area contributed by atoms with E-state index in [-0.39, 0.29) is 18.0 Å². The van der Waals surface area contributed by atoms with Crippen molar-refractivity contribution in [3.05, 3.63) is 39.1 Å². The van der Waals surface area contributed by atoms with Crippen LogP contribution < -0.4 is 5.56 Å². The van der Waals surface area contributed by atoms with Crippen LogP contribution in [0.15, 0.2) is 28.6 Å². The van der Waals surface area contributed by atoms with Gasteiger partial charge in [0.25, 0.3) is 5.56 Å². The van der Waals surface area contributed by atoms with Crippen molar-refractivity contribution in [3.8, 4) is 10.4 Å². The molecule has 2 atom stereocenters. The number of hydrogen-bond acceptors (Lipinski definition) is 5. The smallest absolute Gasteiger partial charge is 0.263 e. The van der Waals surface area contributed by atoms with Gasteiger partial charge in [0.2, 0.25) is 5.91 Å². The zero-order chi connectivity index (χ0) is 19.1. The molecule has 3 aromatic heterocycles. The summed E-state index contributed by atoms with van der Waals surface area (Å²) in [6.07, 6.45) is 2.66. The highest BCUT2D eigenvalue weighted by atomic mass is 32.1. The first-order valence-corrected chi connectivity index (χ1v) is 10.9. The van der Waals surface area contributed by atoms with Gasteiger partial charge in [-0.1, -0.05) is 13.8 Å². The minimum Gasteiger partial charge on any atom is -0.341 e. The van der Waals surface area contributed by atoms with Crippen LogP contribution in [0.3, 0.4) is 0 Å². The molecule has 1 aliphatic rings. The average Bonchev–Trinajstić information content (AvgIpc) is 3.22. The average molecular weight is 402 g/mol. The van der Waals surface area contributed by atoms with Gasteiger partial charge in [0.05, 0.1) is 11.7 Å². The number of amides is 1. The van der Waals surface area contributed by atoms with Crippen molar-refractivity contribution >= 4 is 38.8 Å². The number of fused-ring (bicyclic) bond motifs is 1. The van der Waals surface area contributed by atoms with Crippen LogP contribution in [-0.2, 0) is 11.3 Å². The summed E-state index contributed by atoms with van der Waals surface area (Å²) in [4.78, 5) is 35.2. The number of piperidine rings is 1. The van der Waals surface area contributed by atoms with Crippen LogP contribution in [0, 0.1) is 18.8 Å². The lowest BCUT2D eigenvalue weighted by molar-refractivity contribution is -0.134. The number of nitrogens with zero attached hydrogens (tertiary/aromatic N) is 3. The highest BCUT2D eigenvalue weighted by Gasteiger charge is 2.26. The van der Waals surface area contributed by atoms with Crippen LogP contribution in [0.25, 0.3) is 20.7 Å².